The second kappa shape index (κ2) is 7.53. The summed E-state index contributed by atoms with van der Waals surface area (Å²) >= 11 is 0. The Labute approximate surface area is 144 Å². The predicted molar refractivity (Wildman–Crippen MR) is 93.2 cm³/mol. The lowest BCUT2D eigenvalue weighted by molar-refractivity contribution is -0.132. The van der Waals surface area contributed by atoms with Crippen LogP contribution in [0.5, 0.6) is 5.75 Å². The van der Waals surface area contributed by atoms with Crippen molar-refractivity contribution in [1.29, 1.82) is 0 Å². The van der Waals surface area contributed by atoms with Gasteiger partial charge in [0.2, 0.25) is 5.91 Å². The Hall–Kier alpha value is -1.59. The lowest BCUT2D eigenvalue weighted by Crippen LogP contribution is -2.53. The zero-order chi connectivity index (χ0) is 17.1. The Balaban J connectivity index is 1.56. The predicted octanol–water partition coefficient (Wildman–Crippen LogP) is 1.60. The number of ether oxygens (including phenoxy) is 1. The van der Waals surface area contributed by atoms with Gasteiger partial charge in [0.15, 0.2) is 0 Å². The highest BCUT2D eigenvalue weighted by atomic mass is 16.5. The number of hydrogen-bond acceptors (Lipinski definition) is 4. The van der Waals surface area contributed by atoms with E-state index in [0.717, 1.165) is 62.3 Å². The molecule has 5 nitrogen and oxygen atoms in total. The largest absolute Gasteiger partial charge is 0.496 e. The summed E-state index contributed by atoms with van der Waals surface area (Å²) in [7, 11) is 1.64. The van der Waals surface area contributed by atoms with Crippen LogP contribution >= 0.6 is 0 Å². The molecule has 1 amide bonds. The van der Waals surface area contributed by atoms with E-state index in [0.29, 0.717) is 12.5 Å². The first-order chi connectivity index (χ1) is 11.6. The van der Waals surface area contributed by atoms with Gasteiger partial charge in [-0.25, -0.2) is 0 Å². The van der Waals surface area contributed by atoms with Gasteiger partial charge in [0, 0.05) is 37.8 Å². The SMILES string of the molecule is COc1ccc(C)cc1CC(=O)N1CCN([C@H]2CCC[C@@H]2O)CC1. The summed E-state index contributed by atoms with van der Waals surface area (Å²) in [5, 5.41) is 10.1. The molecule has 1 N–H and O–H groups in total. The molecular formula is C19H28N2O3. The van der Waals surface area contributed by atoms with E-state index >= 15 is 0 Å². The number of aryl methyl sites for hydroxylation is 1. The van der Waals surface area contributed by atoms with Gasteiger partial charge < -0.3 is 14.7 Å². The average molecular weight is 332 g/mol. The highest BCUT2D eigenvalue weighted by molar-refractivity contribution is 5.79. The van der Waals surface area contributed by atoms with Gasteiger partial charge in [-0.3, -0.25) is 9.69 Å². The maximum absolute atomic E-state index is 12.6. The van der Waals surface area contributed by atoms with E-state index in [1.165, 1.54) is 0 Å². The highest BCUT2D eigenvalue weighted by Gasteiger charge is 2.33. The maximum Gasteiger partial charge on any atom is 0.227 e. The number of nitrogens with zero attached hydrogens (tertiary/aromatic N) is 2. The number of hydrogen-bond donors (Lipinski definition) is 1. The maximum atomic E-state index is 12.6. The van der Waals surface area contributed by atoms with E-state index < -0.39 is 0 Å². The van der Waals surface area contributed by atoms with Crippen molar-refractivity contribution in [3.63, 3.8) is 0 Å². The van der Waals surface area contributed by atoms with Gasteiger partial charge in [-0.05, 0) is 32.3 Å². The van der Waals surface area contributed by atoms with Crippen LogP contribution < -0.4 is 4.74 Å². The van der Waals surface area contributed by atoms with Gasteiger partial charge in [0.05, 0.1) is 19.6 Å². The summed E-state index contributed by atoms with van der Waals surface area (Å²) in [6.07, 6.45) is 3.30. The number of aliphatic hydroxyl groups is 1. The second-order valence-corrected chi connectivity index (χ2v) is 6.97. The van der Waals surface area contributed by atoms with E-state index in [9.17, 15) is 9.90 Å². The van der Waals surface area contributed by atoms with Crippen molar-refractivity contribution >= 4 is 5.91 Å². The van der Waals surface area contributed by atoms with E-state index in [-0.39, 0.29) is 12.0 Å². The summed E-state index contributed by atoms with van der Waals surface area (Å²) in [4.78, 5) is 16.9. The molecule has 1 saturated carbocycles. The summed E-state index contributed by atoms with van der Waals surface area (Å²) in [5.41, 5.74) is 2.09. The number of benzene rings is 1. The zero-order valence-corrected chi connectivity index (χ0v) is 14.7. The molecule has 0 radical (unpaired) electrons. The minimum Gasteiger partial charge on any atom is -0.496 e. The van der Waals surface area contributed by atoms with Gasteiger partial charge in [0.25, 0.3) is 0 Å². The minimum atomic E-state index is -0.191. The molecule has 1 aromatic rings. The van der Waals surface area contributed by atoms with Crippen molar-refractivity contribution in [2.45, 2.75) is 44.8 Å². The molecule has 132 valence electrons. The van der Waals surface area contributed by atoms with Crippen molar-refractivity contribution in [2.24, 2.45) is 0 Å². The summed E-state index contributed by atoms with van der Waals surface area (Å²) < 4.78 is 5.38. The Bertz CT molecular complexity index is 582. The van der Waals surface area contributed by atoms with Crippen molar-refractivity contribution < 1.29 is 14.6 Å². The molecule has 1 aliphatic heterocycles. The quantitative estimate of drug-likeness (QED) is 0.910. The van der Waals surface area contributed by atoms with Crippen LogP contribution in [0, 0.1) is 6.92 Å². The monoisotopic (exact) mass is 332 g/mol. The molecule has 1 aromatic carbocycles. The van der Waals surface area contributed by atoms with Crippen molar-refractivity contribution in [2.75, 3.05) is 33.3 Å². The first kappa shape index (κ1) is 17.2. The molecule has 0 aromatic heterocycles. The third kappa shape index (κ3) is 3.73. The third-order valence-corrected chi connectivity index (χ3v) is 5.36. The fourth-order valence-electron chi connectivity index (χ4n) is 3.97. The Morgan fingerprint density at radius 3 is 2.62 bits per heavy atom. The lowest BCUT2D eigenvalue weighted by Gasteiger charge is -2.39. The molecule has 0 bridgehead atoms. The first-order valence-electron chi connectivity index (χ1n) is 8.92. The number of amides is 1. The van der Waals surface area contributed by atoms with Crippen molar-refractivity contribution in [3.05, 3.63) is 29.3 Å². The average Bonchev–Trinajstić information content (AvgIpc) is 3.01. The van der Waals surface area contributed by atoms with Gasteiger partial charge in [0.1, 0.15) is 5.75 Å². The van der Waals surface area contributed by atoms with E-state index in [1.54, 1.807) is 7.11 Å². The number of rotatable bonds is 4. The number of methoxy groups -OCH3 is 1. The van der Waals surface area contributed by atoms with Gasteiger partial charge >= 0.3 is 0 Å². The van der Waals surface area contributed by atoms with Crippen LogP contribution in [-0.2, 0) is 11.2 Å². The standard InChI is InChI=1S/C19H28N2O3/c1-14-6-7-18(24-2)15(12-14)13-19(23)21-10-8-20(9-11-21)16-4-3-5-17(16)22/h6-7,12,16-17,22H,3-5,8-11,13H2,1-2H3/t16-,17-/m0/s1. The number of carbonyl (C=O) groups excluding carboxylic acids is 1. The Morgan fingerprint density at radius 1 is 1.25 bits per heavy atom. The third-order valence-electron chi connectivity index (χ3n) is 5.36. The molecule has 1 saturated heterocycles. The van der Waals surface area contributed by atoms with Crippen LogP contribution in [0.2, 0.25) is 0 Å². The van der Waals surface area contributed by atoms with E-state index in [4.69, 9.17) is 4.74 Å². The van der Waals surface area contributed by atoms with E-state index in [2.05, 4.69) is 4.90 Å². The molecule has 3 rings (SSSR count). The molecule has 24 heavy (non-hydrogen) atoms. The second-order valence-electron chi connectivity index (χ2n) is 6.97. The highest BCUT2D eigenvalue weighted by Crippen LogP contribution is 2.25. The number of aliphatic hydroxyl groups excluding tert-OH is 1. The van der Waals surface area contributed by atoms with E-state index in [1.807, 2.05) is 30.0 Å². The van der Waals surface area contributed by atoms with Crippen LogP contribution in [-0.4, -0.2) is 66.2 Å². The van der Waals surface area contributed by atoms with Crippen molar-refractivity contribution in [1.82, 2.24) is 9.80 Å². The Morgan fingerprint density at radius 2 is 2.00 bits per heavy atom. The minimum absolute atomic E-state index is 0.158. The molecule has 1 aliphatic carbocycles. The molecule has 2 aliphatic rings. The smallest absolute Gasteiger partial charge is 0.227 e. The topological polar surface area (TPSA) is 53.0 Å². The van der Waals surface area contributed by atoms with Crippen LogP contribution in [0.25, 0.3) is 0 Å². The number of piperazine rings is 1. The zero-order valence-electron chi connectivity index (χ0n) is 14.7. The number of carbonyl (C=O) groups is 1. The molecule has 1 heterocycles. The van der Waals surface area contributed by atoms with Crippen LogP contribution in [0.3, 0.4) is 0 Å². The first-order valence-corrected chi connectivity index (χ1v) is 8.92. The summed E-state index contributed by atoms with van der Waals surface area (Å²) in [6.45, 7) is 5.24. The molecule has 2 fully saturated rings. The Kier molecular flexibility index (Phi) is 5.41. The molecular weight excluding hydrogens is 304 g/mol. The lowest BCUT2D eigenvalue weighted by atomic mass is 10.1. The van der Waals surface area contributed by atoms with Crippen LogP contribution in [0.1, 0.15) is 30.4 Å². The molecule has 5 heteroatoms. The summed E-state index contributed by atoms with van der Waals surface area (Å²) in [6, 6.07) is 6.25. The normalized spacial score (nSPS) is 25.0. The molecule has 0 unspecified atom stereocenters. The van der Waals surface area contributed by atoms with Gasteiger partial charge in [-0.1, -0.05) is 17.7 Å². The van der Waals surface area contributed by atoms with Crippen LogP contribution in [0.4, 0.5) is 0 Å². The van der Waals surface area contributed by atoms with Gasteiger partial charge in [-0.15, -0.1) is 0 Å². The molecule has 0 spiro atoms. The van der Waals surface area contributed by atoms with Crippen LogP contribution in [0.15, 0.2) is 18.2 Å². The van der Waals surface area contributed by atoms with Gasteiger partial charge in [-0.2, -0.15) is 0 Å². The fraction of sp³-hybridized carbons (Fsp3) is 0.632. The molecule has 2 atom stereocenters. The fourth-order valence-corrected chi connectivity index (χ4v) is 3.97. The van der Waals surface area contributed by atoms with Crippen molar-refractivity contribution in [3.8, 4) is 5.75 Å². The summed E-state index contributed by atoms with van der Waals surface area (Å²) in [5.74, 6) is 0.937.